The highest BCUT2D eigenvalue weighted by Crippen LogP contribution is 2.18. The average Bonchev–Trinajstić information content (AvgIpc) is 2.89. The Morgan fingerprint density at radius 2 is 2.00 bits per heavy atom. The molecule has 0 atom stereocenters. The number of nitrogens with zero attached hydrogens (tertiary/aromatic N) is 5. The molecule has 1 N–H and O–H groups in total. The van der Waals surface area contributed by atoms with Gasteiger partial charge in [0.25, 0.3) is 0 Å². The largest absolute Gasteiger partial charge is 0.355 e. The smallest absolute Gasteiger partial charge is 0.222 e. The molecule has 0 unspecified atom stereocenters. The Morgan fingerprint density at radius 1 is 1.27 bits per heavy atom. The SMILES string of the molecule is Cc1nnc2ccc(N3CCC(NC(=O)C(C)C)CC3)nn12. The van der Waals surface area contributed by atoms with E-state index in [9.17, 15) is 4.79 Å². The number of aryl methyl sites for hydroxylation is 1. The molecule has 0 aliphatic carbocycles. The minimum Gasteiger partial charge on any atom is -0.355 e. The van der Waals surface area contributed by atoms with Crippen molar-refractivity contribution < 1.29 is 4.79 Å². The molecule has 2 aromatic rings. The molecule has 1 aliphatic rings. The molecule has 22 heavy (non-hydrogen) atoms. The predicted molar refractivity (Wildman–Crippen MR) is 83.7 cm³/mol. The van der Waals surface area contributed by atoms with E-state index in [0.29, 0.717) is 0 Å². The summed E-state index contributed by atoms with van der Waals surface area (Å²) in [6.45, 7) is 7.52. The second kappa shape index (κ2) is 5.90. The summed E-state index contributed by atoms with van der Waals surface area (Å²) in [5.74, 6) is 1.90. The van der Waals surface area contributed by atoms with E-state index in [0.717, 1.165) is 43.2 Å². The van der Waals surface area contributed by atoms with Crippen molar-refractivity contribution in [3.63, 3.8) is 0 Å². The maximum absolute atomic E-state index is 11.8. The van der Waals surface area contributed by atoms with E-state index >= 15 is 0 Å². The van der Waals surface area contributed by atoms with Crippen molar-refractivity contribution in [2.45, 2.75) is 39.7 Å². The first kappa shape index (κ1) is 14.7. The summed E-state index contributed by atoms with van der Waals surface area (Å²) in [6.07, 6.45) is 1.89. The molecule has 7 nitrogen and oxygen atoms in total. The first-order valence-corrected chi connectivity index (χ1v) is 7.79. The molecule has 1 saturated heterocycles. The number of fused-ring (bicyclic) bond motifs is 1. The number of anilines is 1. The van der Waals surface area contributed by atoms with E-state index < -0.39 is 0 Å². The number of aromatic nitrogens is 4. The Hall–Kier alpha value is -2.18. The van der Waals surface area contributed by atoms with Crippen LogP contribution in [0.4, 0.5) is 5.82 Å². The Bertz CT molecular complexity index is 672. The van der Waals surface area contributed by atoms with E-state index in [4.69, 9.17) is 0 Å². The maximum Gasteiger partial charge on any atom is 0.222 e. The van der Waals surface area contributed by atoms with Crippen LogP contribution in [0.5, 0.6) is 0 Å². The van der Waals surface area contributed by atoms with E-state index in [1.54, 1.807) is 4.52 Å². The van der Waals surface area contributed by atoms with Crippen LogP contribution >= 0.6 is 0 Å². The van der Waals surface area contributed by atoms with Gasteiger partial charge in [0, 0.05) is 25.0 Å². The second-order valence-corrected chi connectivity index (χ2v) is 6.13. The van der Waals surface area contributed by atoms with Gasteiger partial charge in [-0.3, -0.25) is 4.79 Å². The molecule has 118 valence electrons. The number of hydrogen-bond donors (Lipinski definition) is 1. The molecule has 1 aliphatic heterocycles. The summed E-state index contributed by atoms with van der Waals surface area (Å²) in [4.78, 5) is 14.0. The number of nitrogens with one attached hydrogen (secondary N) is 1. The van der Waals surface area contributed by atoms with Gasteiger partial charge in [-0.15, -0.1) is 15.3 Å². The third kappa shape index (κ3) is 2.88. The average molecular weight is 302 g/mol. The van der Waals surface area contributed by atoms with Gasteiger partial charge in [-0.1, -0.05) is 13.8 Å². The van der Waals surface area contributed by atoms with Gasteiger partial charge >= 0.3 is 0 Å². The van der Waals surface area contributed by atoms with Gasteiger partial charge in [-0.05, 0) is 31.9 Å². The molecular formula is C15H22N6O. The molecule has 0 radical (unpaired) electrons. The van der Waals surface area contributed by atoms with E-state index in [2.05, 4.69) is 25.5 Å². The van der Waals surface area contributed by atoms with Gasteiger partial charge in [-0.25, -0.2) is 0 Å². The van der Waals surface area contributed by atoms with Crippen molar-refractivity contribution in [2.75, 3.05) is 18.0 Å². The molecule has 0 bridgehead atoms. The van der Waals surface area contributed by atoms with Crippen LogP contribution in [0.25, 0.3) is 5.65 Å². The molecule has 0 saturated carbocycles. The summed E-state index contributed by atoms with van der Waals surface area (Å²) in [5.41, 5.74) is 0.764. The second-order valence-electron chi connectivity index (χ2n) is 6.13. The molecule has 1 fully saturated rings. The highest BCUT2D eigenvalue weighted by atomic mass is 16.1. The summed E-state index contributed by atoms with van der Waals surface area (Å²) in [7, 11) is 0. The summed E-state index contributed by atoms with van der Waals surface area (Å²) in [5, 5.41) is 15.8. The van der Waals surface area contributed by atoms with Gasteiger partial charge < -0.3 is 10.2 Å². The molecule has 3 rings (SSSR count). The fraction of sp³-hybridized carbons (Fsp3) is 0.600. The third-order valence-corrected chi connectivity index (χ3v) is 4.09. The molecular weight excluding hydrogens is 280 g/mol. The first-order valence-electron chi connectivity index (χ1n) is 7.79. The standard InChI is InChI=1S/C15H22N6O/c1-10(2)15(22)16-12-6-8-20(9-7-12)14-5-4-13-18-17-11(3)21(13)19-14/h4-5,10,12H,6-9H2,1-3H3,(H,16,22). The molecule has 2 aromatic heterocycles. The zero-order valence-corrected chi connectivity index (χ0v) is 13.3. The van der Waals surface area contributed by atoms with Crippen molar-refractivity contribution in [3.8, 4) is 0 Å². The Kier molecular flexibility index (Phi) is 3.96. The summed E-state index contributed by atoms with van der Waals surface area (Å²) in [6, 6.07) is 4.19. The van der Waals surface area contributed by atoms with Crippen molar-refractivity contribution >= 4 is 17.4 Å². The lowest BCUT2D eigenvalue weighted by molar-refractivity contribution is -0.124. The number of amides is 1. The third-order valence-electron chi connectivity index (χ3n) is 4.09. The number of rotatable bonds is 3. The van der Waals surface area contributed by atoms with Crippen LogP contribution in [0.1, 0.15) is 32.5 Å². The lowest BCUT2D eigenvalue weighted by atomic mass is 10.0. The van der Waals surface area contributed by atoms with Crippen LogP contribution in [-0.2, 0) is 4.79 Å². The fourth-order valence-corrected chi connectivity index (χ4v) is 2.68. The predicted octanol–water partition coefficient (Wildman–Crippen LogP) is 1.17. The van der Waals surface area contributed by atoms with Crippen LogP contribution in [0.2, 0.25) is 0 Å². The van der Waals surface area contributed by atoms with Gasteiger partial charge in [0.15, 0.2) is 11.5 Å². The van der Waals surface area contributed by atoms with Crippen LogP contribution < -0.4 is 10.2 Å². The van der Waals surface area contributed by atoms with Crippen molar-refractivity contribution in [1.82, 2.24) is 25.1 Å². The van der Waals surface area contributed by atoms with Crippen LogP contribution in [0, 0.1) is 12.8 Å². The Balaban J connectivity index is 1.65. The van der Waals surface area contributed by atoms with Crippen LogP contribution in [0.15, 0.2) is 12.1 Å². The minimum absolute atomic E-state index is 0.0406. The van der Waals surface area contributed by atoms with Crippen LogP contribution in [-0.4, -0.2) is 44.8 Å². The molecule has 7 heteroatoms. The van der Waals surface area contributed by atoms with Crippen molar-refractivity contribution in [3.05, 3.63) is 18.0 Å². The van der Waals surface area contributed by atoms with Gasteiger partial charge in [-0.2, -0.15) is 4.52 Å². The number of carbonyl (C=O) groups excluding carboxylic acids is 1. The summed E-state index contributed by atoms with van der Waals surface area (Å²) >= 11 is 0. The lowest BCUT2D eigenvalue weighted by Crippen LogP contribution is -2.46. The highest BCUT2D eigenvalue weighted by molar-refractivity contribution is 5.78. The molecule has 1 amide bonds. The molecule has 0 aromatic carbocycles. The first-order chi connectivity index (χ1) is 10.5. The van der Waals surface area contributed by atoms with Crippen LogP contribution in [0.3, 0.4) is 0 Å². The zero-order valence-electron chi connectivity index (χ0n) is 13.3. The van der Waals surface area contributed by atoms with Gasteiger partial charge in [0.1, 0.15) is 5.82 Å². The van der Waals surface area contributed by atoms with E-state index in [1.165, 1.54) is 0 Å². The minimum atomic E-state index is 0.0406. The normalized spacial score (nSPS) is 16.5. The number of carbonyl (C=O) groups is 1. The molecule has 0 spiro atoms. The van der Waals surface area contributed by atoms with Crippen molar-refractivity contribution in [2.24, 2.45) is 5.92 Å². The monoisotopic (exact) mass is 302 g/mol. The molecule has 3 heterocycles. The Labute approximate surface area is 129 Å². The summed E-state index contributed by atoms with van der Waals surface area (Å²) < 4.78 is 1.77. The Morgan fingerprint density at radius 3 is 2.68 bits per heavy atom. The number of piperidine rings is 1. The van der Waals surface area contributed by atoms with E-state index in [-0.39, 0.29) is 17.9 Å². The van der Waals surface area contributed by atoms with E-state index in [1.807, 2.05) is 32.9 Å². The topological polar surface area (TPSA) is 75.4 Å². The van der Waals surface area contributed by atoms with Gasteiger partial charge in [0.05, 0.1) is 0 Å². The number of hydrogen-bond acceptors (Lipinski definition) is 5. The zero-order chi connectivity index (χ0) is 15.7. The lowest BCUT2D eigenvalue weighted by Gasteiger charge is -2.33. The van der Waals surface area contributed by atoms with Crippen molar-refractivity contribution in [1.29, 1.82) is 0 Å². The quantitative estimate of drug-likeness (QED) is 0.921. The maximum atomic E-state index is 11.8. The fourth-order valence-electron chi connectivity index (χ4n) is 2.68. The van der Waals surface area contributed by atoms with Gasteiger partial charge in [0.2, 0.25) is 5.91 Å². The highest BCUT2D eigenvalue weighted by Gasteiger charge is 2.22.